The molecule has 2 fully saturated rings. The molecule has 88 valence electrons. The molecule has 15 heavy (non-hydrogen) atoms. The lowest BCUT2D eigenvalue weighted by atomic mass is 9.97. The van der Waals surface area contributed by atoms with Gasteiger partial charge in [0.05, 0.1) is 12.6 Å². The Morgan fingerprint density at radius 1 is 1.40 bits per heavy atom. The Bertz CT molecular complexity index is 225. The third kappa shape index (κ3) is 2.01. The van der Waals surface area contributed by atoms with Gasteiger partial charge in [0.1, 0.15) is 18.3 Å². The average Bonchev–Trinajstić information content (AvgIpc) is 2.24. The topological polar surface area (TPSA) is 83.2 Å². The average molecular weight is 219 g/mol. The van der Waals surface area contributed by atoms with E-state index in [1.54, 1.807) is 6.92 Å². The fourth-order valence-corrected chi connectivity index (χ4v) is 1.95. The standard InChI is InChI=1S/C9H17NO5/c1-4-13-3-5-8(14-4)7(11)6(10)9(12-2)15-5/h4-9,11H,3,10H2,1-2H3/t4-,5?,6?,7?,8?,9?/m0/s1. The van der Waals surface area contributed by atoms with Crippen LogP contribution < -0.4 is 5.73 Å². The molecule has 2 heterocycles. The highest BCUT2D eigenvalue weighted by Gasteiger charge is 2.47. The first-order valence-electron chi connectivity index (χ1n) is 5.02. The zero-order valence-electron chi connectivity index (χ0n) is 8.83. The largest absolute Gasteiger partial charge is 0.388 e. The van der Waals surface area contributed by atoms with E-state index < -0.39 is 24.5 Å². The molecule has 0 aliphatic carbocycles. The summed E-state index contributed by atoms with van der Waals surface area (Å²) in [5.74, 6) is 0. The van der Waals surface area contributed by atoms with Crippen LogP contribution in [0, 0.1) is 0 Å². The first-order chi connectivity index (χ1) is 7.13. The molecule has 3 N–H and O–H groups in total. The number of hydrogen-bond donors (Lipinski definition) is 2. The zero-order chi connectivity index (χ0) is 11.0. The van der Waals surface area contributed by atoms with E-state index >= 15 is 0 Å². The SMILES string of the molecule is COC1OC2CO[C@H](C)OC2C(O)C1N. The lowest BCUT2D eigenvalue weighted by molar-refractivity contribution is -0.332. The third-order valence-corrected chi connectivity index (χ3v) is 2.80. The Hall–Kier alpha value is -0.240. The summed E-state index contributed by atoms with van der Waals surface area (Å²) in [6.45, 7) is 2.16. The molecule has 0 aromatic heterocycles. The third-order valence-electron chi connectivity index (χ3n) is 2.80. The van der Waals surface area contributed by atoms with Crippen molar-refractivity contribution in [2.45, 2.75) is 43.9 Å². The van der Waals surface area contributed by atoms with Crippen molar-refractivity contribution in [3.05, 3.63) is 0 Å². The van der Waals surface area contributed by atoms with Crippen LogP contribution in [0.3, 0.4) is 0 Å². The van der Waals surface area contributed by atoms with Crippen molar-refractivity contribution in [2.24, 2.45) is 5.73 Å². The van der Waals surface area contributed by atoms with Crippen LogP contribution in [0.25, 0.3) is 0 Å². The fourth-order valence-electron chi connectivity index (χ4n) is 1.95. The molecular weight excluding hydrogens is 202 g/mol. The first-order valence-corrected chi connectivity index (χ1v) is 5.02. The van der Waals surface area contributed by atoms with Crippen LogP contribution in [0.1, 0.15) is 6.92 Å². The van der Waals surface area contributed by atoms with Crippen molar-refractivity contribution >= 4 is 0 Å². The van der Waals surface area contributed by atoms with Gasteiger partial charge >= 0.3 is 0 Å². The smallest absolute Gasteiger partial charge is 0.175 e. The summed E-state index contributed by atoms with van der Waals surface area (Å²) in [7, 11) is 1.49. The van der Waals surface area contributed by atoms with E-state index in [0.717, 1.165) is 0 Å². The summed E-state index contributed by atoms with van der Waals surface area (Å²) in [5.41, 5.74) is 5.76. The molecule has 5 unspecified atom stereocenters. The van der Waals surface area contributed by atoms with E-state index in [2.05, 4.69) is 0 Å². The Morgan fingerprint density at radius 3 is 2.80 bits per heavy atom. The maximum absolute atomic E-state index is 9.93. The van der Waals surface area contributed by atoms with Crippen molar-refractivity contribution in [3.8, 4) is 0 Å². The Labute approximate surface area is 88.2 Å². The summed E-state index contributed by atoms with van der Waals surface area (Å²) >= 11 is 0. The van der Waals surface area contributed by atoms with E-state index in [-0.39, 0.29) is 12.4 Å². The van der Waals surface area contributed by atoms with Crippen molar-refractivity contribution in [1.82, 2.24) is 0 Å². The van der Waals surface area contributed by atoms with Gasteiger partial charge in [0.15, 0.2) is 12.6 Å². The molecular formula is C9H17NO5. The van der Waals surface area contributed by atoms with Crippen LogP contribution >= 0.6 is 0 Å². The lowest BCUT2D eigenvalue weighted by Gasteiger charge is -2.45. The van der Waals surface area contributed by atoms with E-state index in [9.17, 15) is 5.11 Å². The molecule has 2 aliphatic heterocycles. The second kappa shape index (κ2) is 4.32. The summed E-state index contributed by atoms with van der Waals surface area (Å²) in [5, 5.41) is 9.93. The second-order valence-corrected chi connectivity index (χ2v) is 3.85. The Kier molecular flexibility index (Phi) is 3.24. The maximum atomic E-state index is 9.93. The van der Waals surface area contributed by atoms with Crippen molar-refractivity contribution in [2.75, 3.05) is 13.7 Å². The van der Waals surface area contributed by atoms with Gasteiger partial charge in [-0.1, -0.05) is 0 Å². The summed E-state index contributed by atoms with van der Waals surface area (Å²) in [4.78, 5) is 0. The molecule has 0 saturated carbocycles. The molecule has 0 aromatic rings. The van der Waals surface area contributed by atoms with Gasteiger partial charge in [-0.2, -0.15) is 0 Å². The van der Waals surface area contributed by atoms with E-state index in [0.29, 0.717) is 6.61 Å². The minimum absolute atomic E-state index is 0.319. The highest BCUT2D eigenvalue weighted by atomic mass is 16.7. The summed E-state index contributed by atoms with van der Waals surface area (Å²) in [6.07, 6.45) is -2.49. The molecule has 2 aliphatic rings. The van der Waals surface area contributed by atoms with Crippen LogP contribution in [0.4, 0.5) is 0 Å². The predicted molar refractivity (Wildman–Crippen MR) is 49.9 cm³/mol. The quantitative estimate of drug-likeness (QED) is 0.577. The van der Waals surface area contributed by atoms with Crippen LogP contribution in [-0.2, 0) is 18.9 Å². The highest BCUT2D eigenvalue weighted by molar-refractivity contribution is 4.93. The number of nitrogens with two attached hydrogens (primary N) is 1. The zero-order valence-corrected chi connectivity index (χ0v) is 8.83. The normalized spacial score (nSPS) is 51.2. The number of methoxy groups -OCH3 is 1. The highest BCUT2D eigenvalue weighted by Crippen LogP contribution is 2.27. The maximum Gasteiger partial charge on any atom is 0.175 e. The van der Waals surface area contributed by atoms with Crippen molar-refractivity contribution in [3.63, 3.8) is 0 Å². The number of hydrogen-bond acceptors (Lipinski definition) is 6. The van der Waals surface area contributed by atoms with Crippen LogP contribution in [0.2, 0.25) is 0 Å². The molecule has 0 radical (unpaired) electrons. The van der Waals surface area contributed by atoms with Gasteiger partial charge in [0, 0.05) is 7.11 Å². The summed E-state index contributed by atoms with van der Waals surface area (Å²) in [6, 6.07) is -0.596. The van der Waals surface area contributed by atoms with Gasteiger partial charge in [-0.15, -0.1) is 0 Å². The van der Waals surface area contributed by atoms with Crippen molar-refractivity contribution in [1.29, 1.82) is 0 Å². The van der Waals surface area contributed by atoms with Gasteiger partial charge in [0.2, 0.25) is 0 Å². The van der Waals surface area contributed by atoms with E-state index in [1.807, 2.05) is 0 Å². The molecule has 2 saturated heterocycles. The minimum atomic E-state index is -0.792. The molecule has 6 heteroatoms. The predicted octanol–water partition coefficient (Wildman–Crippen LogP) is -1.19. The molecule has 6 nitrogen and oxygen atoms in total. The monoisotopic (exact) mass is 219 g/mol. The minimum Gasteiger partial charge on any atom is -0.388 e. The van der Waals surface area contributed by atoms with E-state index in [4.69, 9.17) is 24.7 Å². The van der Waals surface area contributed by atoms with Crippen LogP contribution in [0.15, 0.2) is 0 Å². The second-order valence-electron chi connectivity index (χ2n) is 3.85. The van der Waals surface area contributed by atoms with Gasteiger partial charge < -0.3 is 29.8 Å². The van der Waals surface area contributed by atoms with Gasteiger partial charge in [-0.25, -0.2) is 0 Å². The number of aliphatic hydroxyl groups excluding tert-OH is 1. The molecule has 0 spiro atoms. The van der Waals surface area contributed by atoms with Gasteiger partial charge in [-0.05, 0) is 6.92 Å². The van der Waals surface area contributed by atoms with E-state index in [1.165, 1.54) is 7.11 Å². The fraction of sp³-hybridized carbons (Fsp3) is 1.00. The van der Waals surface area contributed by atoms with Crippen molar-refractivity contribution < 1.29 is 24.1 Å². The molecule has 0 bridgehead atoms. The number of fused-ring (bicyclic) bond motifs is 1. The first kappa shape index (κ1) is 11.3. The molecule has 0 amide bonds. The Morgan fingerprint density at radius 2 is 2.13 bits per heavy atom. The lowest BCUT2D eigenvalue weighted by Crippen LogP contribution is -2.65. The molecule has 0 aromatic carbocycles. The number of rotatable bonds is 1. The van der Waals surface area contributed by atoms with Gasteiger partial charge in [-0.3, -0.25) is 0 Å². The number of aliphatic hydroxyl groups is 1. The number of ether oxygens (including phenoxy) is 4. The Balaban J connectivity index is 2.07. The molecule has 6 atom stereocenters. The summed E-state index contributed by atoms with van der Waals surface area (Å²) < 4.78 is 21.2. The van der Waals surface area contributed by atoms with Crippen LogP contribution in [0.5, 0.6) is 0 Å². The van der Waals surface area contributed by atoms with Crippen LogP contribution in [-0.4, -0.2) is 55.8 Å². The molecule has 2 rings (SSSR count). The van der Waals surface area contributed by atoms with Gasteiger partial charge in [0.25, 0.3) is 0 Å².